The van der Waals surface area contributed by atoms with Crippen LogP contribution in [0, 0.1) is 28.6 Å². The van der Waals surface area contributed by atoms with Crippen LogP contribution in [0.15, 0.2) is 11.6 Å². The number of methoxy groups -OCH3 is 1. The molecule has 4 rings (SSSR count). The number of carbonyl (C=O) groups is 2. The molecule has 0 unspecified atom stereocenters. The molecule has 4 aliphatic rings. The molecular weight excluding hydrogens is 344 g/mol. The highest BCUT2D eigenvalue weighted by Gasteiger charge is 2.70. The molecule has 0 heterocycles. The molecule has 0 bridgehead atoms. The summed E-state index contributed by atoms with van der Waals surface area (Å²) >= 11 is 0. The van der Waals surface area contributed by atoms with Gasteiger partial charge < -0.3 is 14.9 Å². The van der Waals surface area contributed by atoms with Crippen LogP contribution in [-0.4, -0.2) is 47.2 Å². The Kier molecular flexibility index (Phi) is 4.45. The molecule has 0 aromatic heterocycles. The summed E-state index contributed by atoms with van der Waals surface area (Å²) in [5, 5.41) is 21.0. The largest absolute Gasteiger partial charge is 0.388 e. The average molecular weight is 376 g/mol. The van der Waals surface area contributed by atoms with Gasteiger partial charge in [-0.1, -0.05) is 19.4 Å². The van der Waals surface area contributed by atoms with Gasteiger partial charge in [0.25, 0.3) is 0 Å². The van der Waals surface area contributed by atoms with Crippen molar-refractivity contribution in [2.45, 2.75) is 70.5 Å². The minimum absolute atomic E-state index is 0.0580. The van der Waals surface area contributed by atoms with Crippen LogP contribution < -0.4 is 0 Å². The van der Waals surface area contributed by atoms with Gasteiger partial charge in [0, 0.05) is 18.9 Å². The fourth-order valence-corrected chi connectivity index (χ4v) is 7.44. The normalized spacial score (nSPS) is 49.1. The summed E-state index contributed by atoms with van der Waals surface area (Å²) < 4.78 is 5.59. The van der Waals surface area contributed by atoms with E-state index in [2.05, 4.69) is 6.92 Å². The molecule has 0 aromatic carbocycles. The van der Waals surface area contributed by atoms with Crippen molar-refractivity contribution in [3.63, 3.8) is 0 Å². The number of carbonyl (C=O) groups excluding carboxylic acids is 2. The number of fused-ring (bicyclic) bond motifs is 5. The zero-order valence-electron chi connectivity index (χ0n) is 16.7. The van der Waals surface area contributed by atoms with E-state index in [1.54, 1.807) is 7.11 Å². The molecule has 0 aliphatic heterocycles. The van der Waals surface area contributed by atoms with Crippen LogP contribution in [0.25, 0.3) is 0 Å². The summed E-state index contributed by atoms with van der Waals surface area (Å²) in [7, 11) is 1.55. The van der Waals surface area contributed by atoms with E-state index in [0.29, 0.717) is 24.7 Å². The predicted molar refractivity (Wildman–Crippen MR) is 99.9 cm³/mol. The van der Waals surface area contributed by atoms with Crippen molar-refractivity contribution < 1.29 is 24.5 Å². The van der Waals surface area contributed by atoms with Crippen LogP contribution in [-0.2, 0) is 14.3 Å². The first-order valence-corrected chi connectivity index (χ1v) is 10.4. The van der Waals surface area contributed by atoms with Crippen molar-refractivity contribution in [1.29, 1.82) is 0 Å². The molecule has 0 radical (unpaired) electrons. The second-order valence-electron chi connectivity index (χ2n) is 9.73. The molecule has 150 valence electrons. The number of ether oxygens (including phenoxy) is 1. The van der Waals surface area contributed by atoms with Crippen LogP contribution in [0.5, 0.6) is 0 Å². The molecule has 2 N–H and O–H groups in total. The highest BCUT2D eigenvalue weighted by atomic mass is 16.5. The summed E-state index contributed by atoms with van der Waals surface area (Å²) in [6.07, 6.45) is 7.14. The molecular formula is C22H32O5. The van der Waals surface area contributed by atoms with Gasteiger partial charge in [0.1, 0.15) is 6.61 Å². The van der Waals surface area contributed by atoms with E-state index in [1.165, 1.54) is 5.57 Å². The fraction of sp³-hybridized carbons (Fsp3) is 0.818. The Morgan fingerprint density at radius 1 is 1.22 bits per heavy atom. The molecule has 5 heteroatoms. The van der Waals surface area contributed by atoms with Crippen molar-refractivity contribution in [3.05, 3.63) is 11.6 Å². The first-order chi connectivity index (χ1) is 12.7. The van der Waals surface area contributed by atoms with Crippen molar-refractivity contribution in [2.24, 2.45) is 28.6 Å². The Morgan fingerprint density at radius 3 is 2.63 bits per heavy atom. The first-order valence-electron chi connectivity index (χ1n) is 10.4. The number of hydrogen-bond donors (Lipinski definition) is 2. The van der Waals surface area contributed by atoms with Crippen LogP contribution in [0.3, 0.4) is 0 Å². The Morgan fingerprint density at radius 2 is 1.96 bits per heavy atom. The maximum Gasteiger partial charge on any atom is 0.192 e. The van der Waals surface area contributed by atoms with Gasteiger partial charge in [0.05, 0.1) is 6.10 Å². The van der Waals surface area contributed by atoms with Crippen LogP contribution >= 0.6 is 0 Å². The van der Waals surface area contributed by atoms with E-state index in [4.69, 9.17) is 4.74 Å². The van der Waals surface area contributed by atoms with Crippen molar-refractivity contribution in [2.75, 3.05) is 13.7 Å². The minimum Gasteiger partial charge on any atom is -0.388 e. The standard InChI is InChI=1S/C22H32O5/c1-20-8-6-14(24)10-13(20)4-5-15-16(20)7-9-21(2)17(15)11-19(27-3)22(21,26)18(25)12-23/h10,15-17,19,23,26H,4-9,11-12H2,1-3H3/t15-,16+,17+,19+,20+,21+,22-/m1/s1. The topological polar surface area (TPSA) is 83.8 Å². The molecule has 0 amide bonds. The number of allylic oxidation sites excluding steroid dienone is 1. The lowest BCUT2D eigenvalue weighted by Gasteiger charge is -2.58. The lowest BCUT2D eigenvalue weighted by Crippen LogP contribution is -2.61. The zero-order chi connectivity index (χ0) is 19.6. The minimum atomic E-state index is -1.62. The number of aliphatic hydroxyl groups is 2. The fourth-order valence-electron chi connectivity index (χ4n) is 7.44. The van der Waals surface area contributed by atoms with Crippen LogP contribution in [0.4, 0.5) is 0 Å². The maximum absolute atomic E-state index is 12.6. The van der Waals surface area contributed by atoms with Gasteiger partial charge in [-0.05, 0) is 67.8 Å². The second-order valence-corrected chi connectivity index (χ2v) is 9.73. The maximum atomic E-state index is 12.6. The highest BCUT2D eigenvalue weighted by molar-refractivity contribution is 5.92. The monoisotopic (exact) mass is 376 g/mol. The van der Waals surface area contributed by atoms with E-state index in [0.717, 1.165) is 32.1 Å². The van der Waals surface area contributed by atoms with Gasteiger partial charge in [-0.15, -0.1) is 0 Å². The number of rotatable bonds is 3. The number of aliphatic hydroxyl groups excluding tert-OH is 1. The van der Waals surface area contributed by atoms with E-state index < -0.39 is 29.5 Å². The molecule has 0 aromatic rings. The van der Waals surface area contributed by atoms with Gasteiger partial charge in [0.15, 0.2) is 17.2 Å². The average Bonchev–Trinajstić information content (AvgIpc) is 2.90. The summed E-state index contributed by atoms with van der Waals surface area (Å²) in [5.41, 5.74) is -0.822. The SMILES string of the molecule is CO[C@H]1C[C@H]2[C@@H]3CCC4=CC(=O)CC[C@]4(C)[C@H]3CC[C@]2(C)[C@@]1(O)C(=O)CO. The molecule has 0 saturated heterocycles. The van der Waals surface area contributed by atoms with E-state index in [9.17, 15) is 19.8 Å². The third kappa shape index (κ3) is 2.34. The summed E-state index contributed by atoms with van der Waals surface area (Å²) in [6.45, 7) is 3.69. The summed E-state index contributed by atoms with van der Waals surface area (Å²) in [5.74, 6) is 0.830. The smallest absolute Gasteiger partial charge is 0.192 e. The van der Waals surface area contributed by atoms with E-state index >= 15 is 0 Å². The lowest BCUT2D eigenvalue weighted by atomic mass is 9.46. The van der Waals surface area contributed by atoms with Gasteiger partial charge in [-0.25, -0.2) is 0 Å². The Hall–Kier alpha value is -1.04. The summed E-state index contributed by atoms with van der Waals surface area (Å²) in [6, 6.07) is 0. The Labute approximate surface area is 161 Å². The first kappa shape index (κ1) is 19.3. The Bertz CT molecular complexity index is 699. The lowest BCUT2D eigenvalue weighted by molar-refractivity contribution is -0.181. The molecule has 3 saturated carbocycles. The third-order valence-electron chi connectivity index (χ3n) is 9.01. The van der Waals surface area contributed by atoms with Gasteiger partial charge in [0.2, 0.25) is 0 Å². The number of Topliss-reactive ketones (excluding diaryl/α,β-unsaturated/α-hetero) is 1. The summed E-state index contributed by atoms with van der Waals surface area (Å²) in [4.78, 5) is 24.6. The number of hydrogen-bond acceptors (Lipinski definition) is 5. The van der Waals surface area contributed by atoms with Crippen LogP contribution in [0.2, 0.25) is 0 Å². The van der Waals surface area contributed by atoms with Gasteiger partial charge in [-0.3, -0.25) is 9.59 Å². The Balaban J connectivity index is 1.72. The molecule has 4 aliphatic carbocycles. The number of ketones is 2. The van der Waals surface area contributed by atoms with Crippen molar-refractivity contribution in [1.82, 2.24) is 0 Å². The van der Waals surface area contributed by atoms with Crippen LogP contribution in [0.1, 0.15) is 58.8 Å². The van der Waals surface area contributed by atoms with E-state index in [1.807, 2.05) is 13.0 Å². The molecule has 27 heavy (non-hydrogen) atoms. The molecule has 3 fully saturated rings. The van der Waals surface area contributed by atoms with E-state index in [-0.39, 0.29) is 17.1 Å². The van der Waals surface area contributed by atoms with Crippen molar-refractivity contribution in [3.8, 4) is 0 Å². The molecule has 5 nitrogen and oxygen atoms in total. The van der Waals surface area contributed by atoms with Gasteiger partial charge >= 0.3 is 0 Å². The zero-order valence-corrected chi connectivity index (χ0v) is 16.7. The highest BCUT2D eigenvalue weighted by Crippen LogP contribution is 2.67. The predicted octanol–water partition coefficient (Wildman–Crippen LogP) is 2.44. The second kappa shape index (κ2) is 6.23. The molecule has 0 spiro atoms. The van der Waals surface area contributed by atoms with Crippen molar-refractivity contribution >= 4 is 11.6 Å². The third-order valence-corrected chi connectivity index (χ3v) is 9.01. The van der Waals surface area contributed by atoms with Gasteiger partial charge in [-0.2, -0.15) is 0 Å². The molecule has 7 atom stereocenters. The quantitative estimate of drug-likeness (QED) is 0.790.